The zero-order valence-corrected chi connectivity index (χ0v) is 18.1. The fourth-order valence-electron chi connectivity index (χ4n) is 3.26. The number of benzene rings is 2. The molecule has 168 valence electrons. The number of fused-ring (bicyclic) bond motifs is 1. The number of nitrogens with zero attached hydrogens (tertiary/aromatic N) is 1. The van der Waals surface area contributed by atoms with Crippen LogP contribution in [0.15, 0.2) is 48.7 Å². The van der Waals surface area contributed by atoms with Gasteiger partial charge in [-0.25, -0.2) is 0 Å². The Bertz CT molecular complexity index is 1110. The van der Waals surface area contributed by atoms with Crippen LogP contribution >= 0.6 is 0 Å². The number of rotatable bonds is 10. The van der Waals surface area contributed by atoms with Crippen LogP contribution in [0, 0.1) is 5.92 Å². The Morgan fingerprint density at radius 2 is 1.75 bits per heavy atom. The number of aliphatic carboxylic acids is 2. The lowest BCUT2D eigenvalue weighted by Crippen LogP contribution is -2.25. The summed E-state index contributed by atoms with van der Waals surface area (Å²) in [6, 6.07) is 12.3. The quantitative estimate of drug-likeness (QED) is 0.457. The fraction of sp³-hybridized carbons (Fsp3) is 0.292. The number of hydrogen-bond donors (Lipinski definition) is 2. The van der Waals surface area contributed by atoms with Gasteiger partial charge in [0.1, 0.15) is 23.9 Å². The van der Waals surface area contributed by atoms with Crippen molar-refractivity contribution in [2.45, 2.75) is 33.0 Å². The van der Waals surface area contributed by atoms with Crippen LogP contribution in [0.3, 0.4) is 0 Å². The number of aromatic nitrogens is 1. The molecule has 0 saturated heterocycles. The Labute approximate surface area is 185 Å². The molecule has 0 radical (unpaired) electrons. The Morgan fingerprint density at radius 1 is 1.03 bits per heavy atom. The predicted molar refractivity (Wildman–Crippen MR) is 117 cm³/mol. The second-order valence-corrected chi connectivity index (χ2v) is 7.49. The highest BCUT2D eigenvalue weighted by molar-refractivity contribution is 5.93. The standard InChI is InChI=1S/C24H25NO7/c1-14(2)32-22-16(12-25-20-9-8-17(30-3)11-18(20)22)13-31-21-7-5-4-6-15(21)10-19(23(26)27)24(28)29/h4-9,11-12,14,19H,10,13H2,1-3H3,(H,26,27)(H,28,29). The molecule has 1 aromatic heterocycles. The van der Waals surface area contributed by atoms with Crippen molar-refractivity contribution in [3.63, 3.8) is 0 Å². The van der Waals surface area contributed by atoms with E-state index in [-0.39, 0.29) is 19.1 Å². The van der Waals surface area contributed by atoms with Gasteiger partial charge >= 0.3 is 11.9 Å². The van der Waals surface area contributed by atoms with Crippen molar-refractivity contribution in [2.75, 3.05) is 7.11 Å². The van der Waals surface area contributed by atoms with E-state index in [2.05, 4.69) is 4.98 Å². The summed E-state index contributed by atoms with van der Waals surface area (Å²) in [7, 11) is 1.59. The fourth-order valence-corrected chi connectivity index (χ4v) is 3.26. The Kier molecular flexibility index (Phi) is 7.14. The zero-order valence-electron chi connectivity index (χ0n) is 18.1. The molecule has 0 aliphatic rings. The Balaban J connectivity index is 1.92. The average Bonchev–Trinajstić information content (AvgIpc) is 2.76. The van der Waals surface area contributed by atoms with Crippen LogP contribution in [0.5, 0.6) is 17.2 Å². The zero-order chi connectivity index (χ0) is 23.3. The van der Waals surface area contributed by atoms with Crippen molar-refractivity contribution < 1.29 is 34.0 Å². The second kappa shape index (κ2) is 10.00. The van der Waals surface area contributed by atoms with Crippen LogP contribution in [-0.2, 0) is 22.6 Å². The molecule has 0 aliphatic heterocycles. The number of hydrogen-bond acceptors (Lipinski definition) is 6. The van der Waals surface area contributed by atoms with Crippen LogP contribution in [0.2, 0.25) is 0 Å². The van der Waals surface area contributed by atoms with Crippen molar-refractivity contribution in [1.82, 2.24) is 4.98 Å². The van der Waals surface area contributed by atoms with Gasteiger partial charge in [-0.1, -0.05) is 18.2 Å². The summed E-state index contributed by atoms with van der Waals surface area (Å²) in [5.74, 6) is -2.66. The monoisotopic (exact) mass is 439 g/mol. The third kappa shape index (κ3) is 5.26. The van der Waals surface area contributed by atoms with Gasteiger partial charge in [0.25, 0.3) is 0 Å². The Hall–Kier alpha value is -3.81. The number of carbonyl (C=O) groups is 2. The molecule has 3 aromatic rings. The van der Waals surface area contributed by atoms with Crippen molar-refractivity contribution in [2.24, 2.45) is 5.92 Å². The van der Waals surface area contributed by atoms with E-state index >= 15 is 0 Å². The SMILES string of the molecule is COc1ccc2ncc(COc3ccccc3CC(C(=O)O)C(=O)O)c(OC(C)C)c2c1. The summed E-state index contributed by atoms with van der Waals surface area (Å²) < 4.78 is 17.4. The predicted octanol–water partition coefficient (Wildman–Crippen LogP) is 3.94. The van der Waals surface area contributed by atoms with E-state index in [9.17, 15) is 19.8 Å². The first-order valence-corrected chi connectivity index (χ1v) is 10.1. The lowest BCUT2D eigenvalue weighted by atomic mass is 9.99. The van der Waals surface area contributed by atoms with Crippen LogP contribution in [0.4, 0.5) is 0 Å². The molecular weight excluding hydrogens is 414 g/mol. The summed E-state index contributed by atoms with van der Waals surface area (Å²) in [5.41, 5.74) is 1.93. The minimum atomic E-state index is -1.56. The smallest absolute Gasteiger partial charge is 0.318 e. The highest BCUT2D eigenvalue weighted by Crippen LogP contribution is 2.33. The molecule has 0 aliphatic carbocycles. The van der Waals surface area contributed by atoms with E-state index in [1.165, 1.54) is 0 Å². The molecule has 2 N–H and O–H groups in total. The van der Waals surface area contributed by atoms with Crippen LogP contribution in [0.25, 0.3) is 10.9 Å². The first-order valence-electron chi connectivity index (χ1n) is 10.1. The summed E-state index contributed by atoms with van der Waals surface area (Å²) in [5, 5.41) is 19.2. The van der Waals surface area contributed by atoms with Gasteiger partial charge in [0, 0.05) is 11.6 Å². The minimum Gasteiger partial charge on any atom is -0.497 e. The summed E-state index contributed by atoms with van der Waals surface area (Å²) in [6.07, 6.45) is 1.39. The largest absolute Gasteiger partial charge is 0.497 e. The third-order valence-electron chi connectivity index (χ3n) is 4.83. The lowest BCUT2D eigenvalue weighted by Gasteiger charge is -2.18. The second-order valence-electron chi connectivity index (χ2n) is 7.49. The van der Waals surface area contributed by atoms with Gasteiger partial charge in [-0.15, -0.1) is 0 Å². The Morgan fingerprint density at radius 3 is 2.41 bits per heavy atom. The van der Waals surface area contributed by atoms with E-state index in [0.29, 0.717) is 28.4 Å². The van der Waals surface area contributed by atoms with Crippen molar-refractivity contribution >= 4 is 22.8 Å². The summed E-state index contributed by atoms with van der Waals surface area (Å²) in [6.45, 7) is 3.94. The van der Waals surface area contributed by atoms with Crippen molar-refractivity contribution in [1.29, 1.82) is 0 Å². The molecule has 0 amide bonds. The van der Waals surface area contributed by atoms with Gasteiger partial charge < -0.3 is 24.4 Å². The van der Waals surface area contributed by atoms with Crippen molar-refractivity contribution in [3.8, 4) is 17.2 Å². The van der Waals surface area contributed by atoms with E-state index in [0.717, 1.165) is 10.9 Å². The molecule has 8 nitrogen and oxygen atoms in total. The molecule has 0 fully saturated rings. The lowest BCUT2D eigenvalue weighted by molar-refractivity contribution is -0.154. The van der Waals surface area contributed by atoms with E-state index in [1.54, 1.807) is 37.6 Å². The van der Waals surface area contributed by atoms with Crippen LogP contribution < -0.4 is 14.2 Å². The highest BCUT2D eigenvalue weighted by atomic mass is 16.5. The maximum absolute atomic E-state index is 11.3. The van der Waals surface area contributed by atoms with Crippen molar-refractivity contribution in [3.05, 3.63) is 59.8 Å². The number of carboxylic acids is 2. The molecule has 8 heteroatoms. The highest BCUT2D eigenvalue weighted by Gasteiger charge is 2.27. The first-order chi connectivity index (χ1) is 15.3. The van der Waals surface area contributed by atoms with E-state index < -0.39 is 17.9 Å². The van der Waals surface area contributed by atoms with Gasteiger partial charge in [0.2, 0.25) is 0 Å². The van der Waals surface area contributed by atoms with E-state index in [4.69, 9.17) is 14.2 Å². The molecule has 0 spiro atoms. The summed E-state index contributed by atoms with van der Waals surface area (Å²) in [4.78, 5) is 27.1. The molecule has 32 heavy (non-hydrogen) atoms. The topological polar surface area (TPSA) is 115 Å². The van der Waals surface area contributed by atoms with E-state index in [1.807, 2.05) is 32.0 Å². The maximum Gasteiger partial charge on any atom is 0.318 e. The molecule has 3 rings (SSSR count). The van der Waals surface area contributed by atoms with Gasteiger partial charge in [-0.3, -0.25) is 14.6 Å². The first kappa shape index (κ1) is 22.9. The third-order valence-corrected chi connectivity index (χ3v) is 4.83. The van der Waals surface area contributed by atoms with Gasteiger partial charge in [0.15, 0.2) is 5.92 Å². The molecule has 0 bridgehead atoms. The number of carboxylic acid groups (broad SMARTS) is 2. The van der Waals surface area contributed by atoms with Gasteiger partial charge in [-0.2, -0.15) is 0 Å². The normalized spacial score (nSPS) is 11.0. The number of methoxy groups -OCH3 is 1. The average molecular weight is 439 g/mol. The molecule has 0 saturated carbocycles. The minimum absolute atomic E-state index is 0.0928. The molecule has 1 heterocycles. The maximum atomic E-state index is 11.3. The number of para-hydroxylation sites is 1. The van der Waals surface area contributed by atoms with Gasteiger partial charge in [-0.05, 0) is 50.1 Å². The van der Waals surface area contributed by atoms with Crippen LogP contribution in [-0.4, -0.2) is 40.3 Å². The van der Waals surface area contributed by atoms with Gasteiger partial charge in [0.05, 0.1) is 24.3 Å². The number of ether oxygens (including phenoxy) is 3. The molecular formula is C24H25NO7. The van der Waals surface area contributed by atoms with Crippen LogP contribution in [0.1, 0.15) is 25.0 Å². The molecule has 2 aromatic carbocycles. The molecule has 0 atom stereocenters. The number of pyridine rings is 1. The summed E-state index contributed by atoms with van der Waals surface area (Å²) >= 11 is 0. The molecule has 0 unspecified atom stereocenters.